The Labute approximate surface area is 124 Å². The van der Waals surface area contributed by atoms with Crippen LogP contribution >= 0.6 is 11.8 Å². The predicted octanol–water partition coefficient (Wildman–Crippen LogP) is 2.31. The largest absolute Gasteiger partial charge is 0.481 e. The lowest BCUT2D eigenvalue weighted by Gasteiger charge is -2.37. The fourth-order valence-corrected chi connectivity index (χ4v) is 4.04. The molecule has 2 fully saturated rings. The Kier molecular flexibility index (Phi) is 6.01. The maximum absolute atomic E-state index is 12.4. The normalized spacial score (nSPS) is 27.1. The fraction of sp³-hybridized carbons (Fsp3) is 0.857. The van der Waals surface area contributed by atoms with E-state index in [-0.39, 0.29) is 24.5 Å². The minimum Gasteiger partial charge on any atom is -0.481 e. The van der Waals surface area contributed by atoms with E-state index in [0.717, 1.165) is 44.4 Å². The summed E-state index contributed by atoms with van der Waals surface area (Å²) in [6, 6.07) is 0.381. The summed E-state index contributed by atoms with van der Waals surface area (Å²) in [6.07, 6.45) is 5.99. The molecule has 2 aliphatic heterocycles. The third-order valence-electron chi connectivity index (χ3n) is 4.07. The van der Waals surface area contributed by atoms with E-state index < -0.39 is 5.97 Å². The number of amides is 2. The van der Waals surface area contributed by atoms with Crippen LogP contribution in [0.1, 0.15) is 44.9 Å². The van der Waals surface area contributed by atoms with E-state index in [1.54, 1.807) is 0 Å². The Morgan fingerprint density at radius 1 is 1.25 bits per heavy atom. The number of rotatable bonds is 4. The van der Waals surface area contributed by atoms with Crippen molar-refractivity contribution in [2.24, 2.45) is 0 Å². The number of urea groups is 1. The smallest absolute Gasteiger partial charge is 0.317 e. The molecule has 5 nitrogen and oxygen atoms in total. The first-order valence-corrected chi connectivity index (χ1v) is 8.69. The number of likely N-dealkylation sites (tertiary alicyclic amines) is 1. The number of hydrogen-bond acceptors (Lipinski definition) is 3. The highest BCUT2D eigenvalue weighted by molar-refractivity contribution is 7.99. The van der Waals surface area contributed by atoms with Gasteiger partial charge in [0.1, 0.15) is 0 Å². The van der Waals surface area contributed by atoms with E-state index in [0.29, 0.717) is 6.42 Å². The van der Waals surface area contributed by atoms with Crippen LogP contribution in [0.3, 0.4) is 0 Å². The molecule has 2 unspecified atom stereocenters. The van der Waals surface area contributed by atoms with E-state index in [1.807, 2.05) is 16.7 Å². The van der Waals surface area contributed by atoms with Crippen molar-refractivity contribution >= 4 is 23.8 Å². The first-order chi connectivity index (χ1) is 9.66. The summed E-state index contributed by atoms with van der Waals surface area (Å²) in [4.78, 5) is 25.0. The third kappa shape index (κ3) is 4.58. The van der Waals surface area contributed by atoms with Gasteiger partial charge in [0.25, 0.3) is 0 Å². The monoisotopic (exact) mass is 300 g/mol. The lowest BCUT2D eigenvalue weighted by molar-refractivity contribution is -0.137. The molecule has 0 aromatic heterocycles. The Hall–Kier alpha value is -0.910. The quantitative estimate of drug-likeness (QED) is 0.836. The molecule has 2 heterocycles. The molecular weight excluding hydrogens is 276 g/mol. The van der Waals surface area contributed by atoms with Gasteiger partial charge in [0, 0.05) is 30.8 Å². The molecule has 2 atom stereocenters. The maximum atomic E-state index is 12.4. The van der Waals surface area contributed by atoms with E-state index in [2.05, 4.69) is 5.32 Å². The molecule has 0 bridgehead atoms. The standard InChI is InChI=1S/C14H24N2O3S/c17-13(18)7-6-12-5-1-2-8-16(12)14(19)15-11-4-3-9-20-10-11/h11-12H,1-10H2,(H,15,19)(H,17,18). The summed E-state index contributed by atoms with van der Waals surface area (Å²) in [7, 11) is 0. The minimum atomic E-state index is -0.778. The van der Waals surface area contributed by atoms with Crippen molar-refractivity contribution in [3.63, 3.8) is 0 Å². The van der Waals surface area contributed by atoms with E-state index in [9.17, 15) is 9.59 Å². The number of hydrogen-bond donors (Lipinski definition) is 2. The van der Waals surface area contributed by atoms with E-state index in [4.69, 9.17) is 5.11 Å². The van der Waals surface area contributed by atoms with Crippen LogP contribution in [0.25, 0.3) is 0 Å². The molecule has 6 heteroatoms. The third-order valence-corrected chi connectivity index (χ3v) is 5.28. The summed E-state index contributed by atoms with van der Waals surface area (Å²) >= 11 is 1.90. The molecule has 0 saturated carbocycles. The van der Waals surface area contributed by atoms with Gasteiger partial charge >= 0.3 is 12.0 Å². The Morgan fingerprint density at radius 3 is 2.80 bits per heavy atom. The highest BCUT2D eigenvalue weighted by atomic mass is 32.2. The molecular formula is C14H24N2O3S. The number of nitrogens with one attached hydrogen (secondary N) is 1. The average molecular weight is 300 g/mol. The summed E-state index contributed by atoms with van der Waals surface area (Å²) in [5.41, 5.74) is 0. The molecule has 0 aromatic carbocycles. The number of nitrogens with zero attached hydrogens (tertiary/aromatic N) is 1. The lowest BCUT2D eigenvalue weighted by atomic mass is 9.98. The van der Waals surface area contributed by atoms with Gasteiger partial charge in [0.05, 0.1) is 0 Å². The average Bonchev–Trinajstić information content (AvgIpc) is 2.46. The number of aliphatic carboxylic acids is 1. The maximum Gasteiger partial charge on any atom is 0.317 e. The molecule has 0 aromatic rings. The second-order valence-corrected chi connectivity index (χ2v) is 6.79. The second kappa shape index (κ2) is 7.76. The van der Waals surface area contributed by atoms with Crippen molar-refractivity contribution in [1.29, 1.82) is 0 Å². The van der Waals surface area contributed by atoms with Gasteiger partial charge in [0.15, 0.2) is 0 Å². The fourth-order valence-electron chi connectivity index (χ4n) is 2.97. The van der Waals surface area contributed by atoms with Crippen molar-refractivity contribution in [1.82, 2.24) is 10.2 Å². The number of carbonyl (C=O) groups excluding carboxylic acids is 1. The van der Waals surface area contributed by atoms with Crippen LogP contribution < -0.4 is 5.32 Å². The van der Waals surface area contributed by atoms with Crippen molar-refractivity contribution < 1.29 is 14.7 Å². The van der Waals surface area contributed by atoms with Crippen molar-refractivity contribution in [3.05, 3.63) is 0 Å². The van der Waals surface area contributed by atoms with Gasteiger partial charge in [0.2, 0.25) is 0 Å². The van der Waals surface area contributed by atoms with Gasteiger partial charge in [-0.3, -0.25) is 4.79 Å². The van der Waals surface area contributed by atoms with Crippen LogP contribution in [0.2, 0.25) is 0 Å². The summed E-state index contributed by atoms with van der Waals surface area (Å²) in [5, 5.41) is 11.9. The molecule has 2 saturated heterocycles. The molecule has 20 heavy (non-hydrogen) atoms. The van der Waals surface area contributed by atoms with Gasteiger partial charge < -0.3 is 15.3 Å². The summed E-state index contributed by atoms with van der Waals surface area (Å²) in [5.74, 6) is 1.41. The van der Waals surface area contributed by atoms with Crippen LogP contribution in [0.5, 0.6) is 0 Å². The highest BCUT2D eigenvalue weighted by Crippen LogP contribution is 2.22. The number of piperidine rings is 1. The van der Waals surface area contributed by atoms with Crippen LogP contribution in [0.15, 0.2) is 0 Å². The molecule has 2 rings (SSSR count). The van der Waals surface area contributed by atoms with Gasteiger partial charge in [-0.15, -0.1) is 0 Å². The van der Waals surface area contributed by atoms with Crippen LogP contribution in [0.4, 0.5) is 4.79 Å². The van der Waals surface area contributed by atoms with Gasteiger partial charge in [-0.2, -0.15) is 11.8 Å². The molecule has 2 aliphatic rings. The zero-order valence-electron chi connectivity index (χ0n) is 11.8. The topological polar surface area (TPSA) is 69.6 Å². The first kappa shape index (κ1) is 15.5. The molecule has 0 aliphatic carbocycles. The highest BCUT2D eigenvalue weighted by Gasteiger charge is 2.28. The van der Waals surface area contributed by atoms with Gasteiger partial charge in [-0.25, -0.2) is 4.79 Å². The van der Waals surface area contributed by atoms with Gasteiger partial charge in [-0.1, -0.05) is 0 Å². The number of carboxylic acid groups (broad SMARTS) is 1. The summed E-state index contributed by atoms with van der Waals surface area (Å²) < 4.78 is 0. The number of carbonyl (C=O) groups is 2. The van der Waals surface area contributed by atoms with Crippen molar-refractivity contribution in [2.75, 3.05) is 18.1 Å². The predicted molar refractivity (Wildman–Crippen MR) is 80.1 cm³/mol. The Morgan fingerprint density at radius 2 is 2.10 bits per heavy atom. The molecule has 2 N–H and O–H groups in total. The second-order valence-electron chi connectivity index (χ2n) is 5.64. The molecule has 114 valence electrons. The Bertz CT molecular complexity index is 345. The summed E-state index contributed by atoms with van der Waals surface area (Å²) in [6.45, 7) is 0.760. The minimum absolute atomic E-state index is 0.00703. The first-order valence-electron chi connectivity index (χ1n) is 7.53. The van der Waals surface area contributed by atoms with E-state index >= 15 is 0 Å². The lowest BCUT2D eigenvalue weighted by Crippen LogP contribution is -2.52. The van der Waals surface area contributed by atoms with Crippen molar-refractivity contribution in [2.45, 2.75) is 57.0 Å². The van der Waals surface area contributed by atoms with Crippen molar-refractivity contribution in [3.8, 4) is 0 Å². The zero-order valence-corrected chi connectivity index (χ0v) is 12.7. The van der Waals surface area contributed by atoms with Crippen LogP contribution in [-0.2, 0) is 4.79 Å². The van der Waals surface area contributed by atoms with E-state index in [1.165, 1.54) is 5.75 Å². The van der Waals surface area contributed by atoms with Crippen LogP contribution in [-0.4, -0.2) is 52.1 Å². The molecule has 0 radical (unpaired) electrons. The van der Waals surface area contributed by atoms with Crippen LogP contribution in [0, 0.1) is 0 Å². The SMILES string of the molecule is O=C(O)CCC1CCCCN1C(=O)NC1CCCSC1. The van der Waals surface area contributed by atoms with Gasteiger partial charge in [-0.05, 0) is 44.3 Å². The Balaban J connectivity index is 1.85. The number of carboxylic acids is 1. The molecule has 2 amide bonds. The molecule has 0 spiro atoms. The number of thioether (sulfide) groups is 1. The zero-order chi connectivity index (χ0) is 14.4.